The van der Waals surface area contributed by atoms with Crippen molar-refractivity contribution in [3.63, 3.8) is 0 Å². The van der Waals surface area contributed by atoms with Crippen LogP contribution in [0.1, 0.15) is 5.56 Å². The summed E-state index contributed by atoms with van der Waals surface area (Å²) in [5.74, 6) is 0. The lowest BCUT2D eigenvalue weighted by atomic mass is 9.97. The van der Waals surface area contributed by atoms with Gasteiger partial charge in [0.2, 0.25) is 0 Å². The molecule has 3 rings (SSSR count). The summed E-state index contributed by atoms with van der Waals surface area (Å²) in [5.41, 5.74) is -2.82. The number of carbonyl (C=O) groups excluding carboxylic acids is 1. The molecule has 1 aromatic carbocycles. The summed E-state index contributed by atoms with van der Waals surface area (Å²) in [5, 5.41) is 40.4. The van der Waals surface area contributed by atoms with Crippen molar-refractivity contribution in [1.82, 2.24) is 9.97 Å². The van der Waals surface area contributed by atoms with Gasteiger partial charge in [0.15, 0.2) is 0 Å². The zero-order chi connectivity index (χ0) is 24.3. The van der Waals surface area contributed by atoms with Crippen LogP contribution in [0, 0.1) is 0 Å². The summed E-state index contributed by atoms with van der Waals surface area (Å²) < 4.78 is 41.9. The highest BCUT2D eigenvalue weighted by molar-refractivity contribution is 5.91. The summed E-state index contributed by atoms with van der Waals surface area (Å²) in [4.78, 5) is 30.1. The van der Waals surface area contributed by atoms with Gasteiger partial charge in [-0.1, -0.05) is 6.07 Å². The lowest BCUT2D eigenvalue weighted by Gasteiger charge is -2.27. The van der Waals surface area contributed by atoms with E-state index in [0.717, 1.165) is 12.1 Å². The number of nitrogens with zero attached hydrogens (tertiary/aromatic N) is 1. The average Bonchev–Trinajstić information content (AvgIpc) is 2.79. The second kappa shape index (κ2) is 9.67. The largest absolute Gasteiger partial charge is 0.417 e. The van der Waals surface area contributed by atoms with Gasteiger partial charge in [-0.2, -0.15) is 13.2 Å². The Bertz CT molecular complexity index is 1190. The minimum absolute atomic E-state index is 0.0308. The SMILES string of the molecule is O=C[C@H](Nc1ccc2c(C(F)(F)F)c(-c3ccncc3)c(=O)[nH]c2c1)[C@@H](O)[C@H](O)[C@H](O)CO. The number of rotatable bonds is 8. The first-order valence-corrected chi connectivity index (χ1v) is 9.63. The van der Waals surface area contributed by atoms with Crippen LogP contribution in [0.2, 0.25) is 0 Å². The van der Waals surface area contributed by atoms with Gasteiger partial charge in [-0.05, 0) is 29.8 Å². The van der Waals surface area contributed by atoms with Gasteiger partial charge in [-0.25, -0.2) is 0 Å². The molecule has 0 saturated carbocycles. The maximum Gasteiger partial charge on any atom is 0.417 e. The lowest BCUT2D eigenvalue weighted by Crippen LogP contribution is -2.49. The number of aromatic nitrogens is 2. The highest BCUT2D eigenvalue weighted by Crippen LogP contribution is 2.39. The third-order valence-electron chi connectivity index (χ3n) is 5.05. The van der Waals surface area contributed by atoms with Gasteiger partial charge in [0.05, 0.1) is 23.3 Å². The lowest BCUT2D eigenvalue weighted by molar-refractivity contribution is -0.135. The van der Waals surface area contributed by atoms with Gasteiger partial charge in [0.25, 0.3) is 5.56 Å². The number of benzene rings is 1. The van der Waals surface area contributed by atoms with E-state index in [0.29, 0.717) is 0 Å². The van der Waals surface area contributed by atoms with Crippen molar-refractivity contribution < 1.29 is 38.4 Å². The molecule has 0 amide bonds. The van der Waals surface area contributed by atoms with E-state index in [9.17, 15) is 38.1 Å². The second-order valence-electron chi connectivity index (χ2n) is 7.24. The number of nitrogens with one attached hydrogen (secondary N) is 2. The number of anilines is 1. The number of aromatic amines is 1. The van der Waals surface area contributed by atoms with E-state index in [1.54, 1.807) is 0 Å². The third kappa shape index (κ3) is 5.03. The summed E-state index contributed by atoms with van der Waals surface area (Å²) in [6.07, 6.45) is -7.57. The fourth-order valence-electron chi connectivity index (χ4n) is 3.42. The van der Waals surface area contributed by atoms with Crippen LogP contribution in [0.15, 0.2) is 47.5 Å². The van der Waals surface area contributed by atoms with Crippen LogP contribution < -0.4 is 10.9 Å². The molecule has 0 bridgehead atoms. The Morgan fingerprint density at radius 1 is 1.09 bits per heavy atom. The Kier molecular flexibility index (Phi) is 7.12. The number of alkyl halides is 3. The average molecular weight is 467 g/mol. The maximum atomic E-state index is 14.0. The molecule has 9 nitrogen and oxygen atoms in total. The number of halogens is 3. The van der Waals surface area contributed by atoms with E-state index in [1.807, 2.05) is 0 Å². The molecule has 2 aromatic heterocycles. The minimum Gasteiger partial charge on any atom is -0.394 e. The molecule has 2 heterocycles. The topological polar surface area (TPSA) is 156 Å². The van der Waals surface area contributed by atoms with E-state index in [1.165, 1.54) is 30.6 Å². The molecule has 4 atom stereocenters. The van der Waals surface area contributed by atoms with Crippen LogP contribution in [0.3, 0.4) is 0 Å². The normalized spacial score (nSPS) is 15.6. The molecule has 0 aliphatic rings. The molecular formula is C21H20F3N3O6. The second-order valence-corrected chi connectivity index (χ2v) is 7.24. The Morgan fingerprint density at radius 2 is 1.76 bits per heavy atom. The van der Waals surface area contributed by atoms with Crippen molar-refractivity contribution in [2.75, 3.05) is 11.9 Å². The maximum absolute atomic E-state index is 14.0. The molecule has 0 spiro atoms. The first-order chi connectivity index (χ1) is 15.6. The third-order valence-corrected chi connectivity index (χ3v) is 5.05. The number of aldehydes is 1. The minimum atomic E-state index is -4.87. The van der Waals surface area contributed by atoms with Crippen molar-refractivity contribution in [1.29, 1.82) is 0 Å². The zero-order valence-electron chi connectivity index (χ0n) is 16.8. The van der Waals surface area contributed by atoms with Gasteiger partial charge >= 0.3 is 6.18 Å². The summed E-state index contributed by atoms with van der Waals surface area (Å²) in [7, 11) is 0. The summed E-state index contributed by atoms with van der Waals surface area (Å²) in [6, 6.07) is 4.51. The number of fused-ring (bicyclic) bond motifs is 1. The molecule has 0 unspecified atom stereocenters. The predicted molar refractivity (Wildman–Crippen MR) is 111 cm³/mol. The van der Waals surface area contributed by atoms with Crippen molar-refractivity contribution in [2.45, 2.75) is 30.5 Å². The number of hydrogen-bond acceptors (Lipinski definition) is 8. The molecule has 0 radical (unpaired) electrons. The molecule has 0 aliphatic heterocycles. The van der Waals surface area contributed by atoms with Crippen LogP contribution in [0.5, 0.6) is 0 Å². The first-order valence-electron chi connectivity index (χ1n) is 9.63. The Balaban J connectivity index is 2.07. The van der Waals surface area contributed by atoms with Gasteiger partial charge in [0.1, 0.15) is 30.6 Å². The van der Waals surface area contributed by atoms with Crippen molar-refractivity contribution in [3.05, 3.63) is 58.6 Å². The Morgan fingerprint density at radius 3 is 2.33 bits per heavy atom. The Labute approximate surface area is 184 Å². The number of aliphatic hydroxyl groups excluding tert-OH is 4. The highest BCUT2D eigenvalue weighted by atomic mass is 19.4. The molecule has 33 heavy (non-hydrogen) atoms. The molecule has 176 valence electrons. The number of pyridine rings is 2. The van der Waals surface area contributed by atoms with Gasteiger partial charge in [0, 0.05) is 23.5 Å². The molecule has 6 N–H and O–H groups in total. The van der Waals surface area contributed by atoms with Crippen LogP contribution >= 0.6 is 0 Å². The quantitative estimate of drug-likeness (QED) is 0.264. The van der Waals surface area contributed by atoms with E-state index in [-0.39, 0.29) is 28.4 Å². The zero-order valence-corrected chi connectivity index (χ0v) is 16.8. The highest BCUT2D eigenvalue weighted by Gasteiger charge is 2.37. The van der Waals surface area contributed by atoms with Crippen molar-refractivity contribution in [3.8, 4) is 11.1 Å². The van der Waals surface area contributed by atoms with Gasteiger partial charge in [-0.15, -0.1) is 0 Å². The fourth-order valence-corrected chi connectivity index (χ4v) is 3.42. The predicted octanol–water partition coefficient (Wildman–Crippen LogP) is 0.663. The molecule has 0 fully saturated rings. The van der Waals surface area contributed by atoms with Crippen LogP contribution in [-0.2, 0) is 11.0 Å². The van der Waals surface area contributed by atoms with Gasteiger partial charge in [-0.3, -0.25) is 9.78 Å². The standard InChI is InChI=1S/C21H20F3N3O6/c22-21(23,24)17-12-2-1-11(26-14(8-28)18(31)19(32)15(30)9-29)7-13(12)27-20(33)16(17)10-3-5-25-6-4-10/h1-8,14-15,18-19,26,29-32H,9H2,(H,27,33)/t14-,15+,18+,19+/m0/s1. The monoisotopic (exact) mass is 467 g/mol. The van der Waals surface area contributed by atoms with Crippen molar-refractivity contribution >= 4 is 22.9 Å². The van der Waals surface area contributed by atoms with E-state index < -0.39 is 53.8 Å². The number of H-pyrrole nitrogens is 1. The van der Waals surface area contributed by atoms with Crippen LogP contribution in [-0.4, -0.2) is 67.6 Å². The molecule has 12 heteroatoms. The number of carbonyl (C=O) groups is 1. The molecule has 0 aliphatic carbocycles. The number of hydrogen-bond donors (Lipinski definition) is 6. The summed E-state index contributed by atoms with van der Waals surface area (Å²) in [6.45, 7) is -0.874. The van der Waals surface area contributed by atoms with Crippen molar-refractivity contribution in [2.24, 2.45) is 0 Å². The fraction of sp³-hybridized carbons (Fsp3) is 0.286. The smallest absolute Gasteiger partial charge is 0.394 e. The Hall–Kier alpha value is -3.32. The van der Waals surface area contributed by atoms with E-state index in [2.05, 4.69) is 15.3 Å². The number of aliphatic hydroxyl groups is 4. The van der Waals surface area contributed by atoms with E-state index in [4.69, 9.17) is 5.11 Å². The van der Waals surface area contributed by atoms with E-state index >= 15 is 0 Å². The van der Waals surface area contributed by atoms with Crippen LogP contribution in [0.4, 0.5) is 18.9 Å². The molecular weight excluding hydrogens is 447 g/mol. The first kappa shape index (κ1) is 24.3. The van der Waals surface area contributed by atoms with Gasteiger partial charge < -0.3 is 35.5 Å². The summed E-state index contributed by atoms with van der Waals surface area (Å²) >= 11 is 0. The molecule has 0 saturated heterocycles. The van der Waals surface area contributed by atoms with Crippen LogP contribution in [0.25, 0.3) is 22.0 Å². The molecule has 3 aromatic rings.